The van der Waals surface area contributed by atoms with Crippen LogP contribution in [0.3, 0.4) is 0 Å². The molecule has 1 unspecified atom stereocenters. The number of hydrogen-bond acceptors (Lipinski definition) is 6. The highest BCUT2D eigenvalue weighted by molar-refractivity contribution is 8.33. The van der Waals surface area contributed by atoms with E-state index in [0.717, 1.165) is 21.8 Å². The Labute approximate surface area is 333 Å². The van der Waals surface area contributed by atoms with E-state index in [0.29, 0.717) is 17.0 Å². The molecule has 0 aliphatic carbocycles. The monoisotopic (exact) mass is 875 g/mol. The summed E-state index contributed by atoms with van der Waals surface area (Å²) in [7, 11) is -8.93. The molecule has 6 rings (SSSR count). The van der Waals surface area contributed by atoms with E-state index >= 15 is 8.78 Å². The first-order valence-corrected chi connectivity index (χ1v) is 21.3. The molecule has 0 fully saturated rings. The lowest BCUT2D eigenvalue weighted by Crippen LogP contribution is -2.63. The van der Waals surface area contributed by atoms with Crippen LogP contribution in [0.4, 0.5) is 39.5 Å². The van der Waals surface area contributed by atoms with Crippen molar-refractivity contribution < 1.29 is 61.0 Å². The Kier molecular flexibility index (Phi) is 11.5. The Hall–Kier alpha value is -4.20. The van der Waals surface area contributed by atoms with Crippen LogP contribution in [0.1, 0.15) is 18.1 Å². The van der Waals surface area contributed by atoms with Crippen LogP contribution in [-0.2, 0) is 35.6 Å². The molecule has 0 N–H and O–H groups in total. The molecule has 1 aromatic heterocycles. The molecular formula is C40H34F9NO5S3. The van der Waals surface area contributed by atoms with Gasteiger partial charge in [-0.25, -0.2) is 3.63 Å². The standard InChI is InChI=1S/C40H34F9NO5S3/c1-5-50-34-14-10-9-13-32(34)33-25-27(17-24-35(33)50)36(53-2,54-3)26-15-20-30(21-16-26)57(29-11-7-6-8-12-29,31-22-18-28(56-4)19-23-31)55-58(51,52)40(48,49)38(43,44)37(41,42)39(45,46)47/h6-25H,5H2,1-4H3. The Morgan fingerprint density at radius 2 is 1.10 bits per heavy atom. The molecule has 6 aromatic rings. The topological polar surface area (TPSA) is 66.8 Å². The van der Waals surface area contributed by atoms with Crippen molar-refractivity contribution in [2.75, 3.05) is 20.5 Å². The van der Waals surface area contributed by atoms with E-state index in [1.807, 2.05) is 43.3 Å². The van der Waals surface area contributed by atoms with Crippen LogP contribution in [0.5, 0.6) is 0 Å². The molecule has 0 bridgehead atoms. The van der Waals surface area contributed by atoms with Crippen LogP contribution >= 0.6 is 22.1 Å². The molecule has 0 spiro atoms. The van der Waals surface area contributed by atoms with Crippen LogP contribution < -0.4 is 0 Å². The van der Waals surface area contributed by atoms with Crippen molar-refractivity contribution in [2.45, 2.75) is 62.1 Å². The zero-order chi connectivity index (χ0) is 42.5. The van der Waals surface area contributed by atoms with Crippen molar-refractivity contribution in [2.24, 2.45) is 0 Å². The molecule has 18 heteroatoms. The van der Waals surface area contributed by atoms with E-state index in [2.05, 4.69) is 4.57 Å². The number of fused-ring (bicyclic) bond motifs is 3. The summed E-state index contributed by atoms with van der Waals surface area (Å²) in [5, 5.41) is -5.32. The van der Waals surface area contributed by atoms with Gasteiger partial charge in [0.05, 0.1) is 0 Å². The molecule has 6 nitrogen and oxygen atoms in total. The van der Waals surface area contributed by atoms with Crippen LogP contribution in [0, 0.1) is 0 Å². The molecular weight excluding hydrogens is 842 g/mol. The number of rotatable bonds is 14. The number of hydrogen-bond donors (Lipinski definition) is 0. The molecule has 1 atom stereocenters. The molecule has 310 valence electrons. The van der Waals surface area contributed by atoms with E-state index in [1.54, 1.807) is 12.3 Å². The van der Waals surface area contributed by atoms with Gasteiger partial charge in [0.25, 0.3) is 0 Å². The number of nitrogens with zero attached hydrogens (tertiary/aromatic N) is 1. The van der Waals surface area contributed by atoms with Gasteiger partial charge in [-0.3, -0.25) is 0 Å². The molecule has 0 saturated heterocycles. The van der Waals surface area contributed by atoms with Gasteiger partial charge in [0.1, 0.15) is 0 Å². The van der Waals surface area contributed by atoms with Crippen molar-refractivity contribution in [3.05, 3.63) is 132 Å². The highest BCUT2D eigenvalue weighted by atomic mass is 32.3. The first-order valence-electron chi connectivity index (χ1n) is 17.1. The summed E-state index contributed by atoms with van der Waals surface area (Å²) >= 11 is 1.23. The van der Waals surface area contributed by atoms with E-state index < -0.39 is 49.5 Å². The molecule has 58 heavy (non-hydrogen) atoms. The van der Waals surface area contributed by atoms with Gasteiger partial charge in [-0.1, -0.05) is 54.6 Å². The lowest BCUT2D eigenvalue weighted by atomic mass is 9.95. The van der Waals surface area contributed by atoms with Gasteiger partial charge in [0.2, 0.25) is 5.79 Å². The summed E-state index contributed by atoms with van der Waals surface area (Å²) in [6.07, 6.45) is -5.58. The number of aryl methyl sites for hydroxylation is 1. The highest BCUT2D eigenvalue weighted by Gasteiger charge is 2.86. The lowest BCUT2D eigenvalue weighted by Gasteiger charge is -2.41. The number of thioether (sulfide) groups is 1. The third kappa shape index (κ3) is 6.65. The molecule has 0 amide bonds. The minimum Gasteiger partial charge on any atom is -0.346 e. The number of aromatic nitrogens is 1. The summed E-state index contributed by atoms with van der Waals surface area (Å²) < 4.78 is 174. The van der Waals surface area contributed by atoms with Gasteiger partial charge in [-0.2, -0.15) is 47.9 Å². The number of methoxy groups -OCH3 is 2. The SMILES string of the molecule is CCn1c2ccccc2c2cc(C(OC)(OC)c3ccc(S(OS(=O)(=O)C(F)(F)C(F)(F)C(F)(F)C(F)(F)F)(c4ccccc4)c4ccc(SC)cc4)cc3)ccc21. The Balaban J connectivity index is 1.57. The van der Waals surface area contributed by atoms with Gasteiger partial charge in [-0.05, 0) is 90.2 Å². The molecule has 0 aliphatic heterocycles. The minimum atomic E-state index is -7.52. The van der Waals surface area contributed by atoms with Crippen molar-refractivity contribution in [1.82, 2.24) is 4.57 Å². The maximum absolute atomic E-state index is 15.5. The van der Waals surface area contributed by atoms with Crippen LogP contribution in [-0.4, -0.2) is 56.7 Å². The van der Waals surface area contributed by atoms with E-state index in [1.165, 1.54) is 105 Å². The Morgan fingerprint density at radius 3 is 1.64 bits per heavy atom. The molecule has 0 radical (unpaired) electrons. The van der Waals surface area contributed by atoms with Gasteiger partial charge >= 0.3 is 33.4 Å². The first kappa shape index (κ1) is 43.4. The van der Waals surface area contributed by atoms with Gasteiger partial charge < -0.3 is 14.0 Å². The second kappa shape index (κ2) is 15.4. The lowest BCUT2D eigenvalue weighted by molar-refractivity contribution is -0.382. The summed E-state index contributed by atoms with van der Waals surface area (Å²) in [5.41, 5.74) is 2.66. The fourth-order valence-electron chi connectivity index (χ4n) is 6.79. The average molecular weight is 876 g/mol. The summed E-state index contributed by atoms with van der Waals surface area (Å²) in [4.78, 5) is -0.106. The maximum Gasteiger partial charge on any atom is 0.460 e. The number of halogens is 9. The Morgan fingerprint density at radius 1 is 0.603 bits per heavy atom. The number of benzene rings is 5. The van der Waals surface area contributed by atoms with Gasteiger partial charge in [-0.15, -0.1) is 11.8 Å². The fourth-order valence-corrected chi connectivity index (χ4v) is 12.4. The van der Waals surface area contributed by atoms with Crippen LogP contribution in [0.2, 0.25) is 0 Å². The summed E-state index contributed by atoms with van der Waals surface area (Å²) in [5.74, 6) is -16.7. The maximum atomic E-state index is 15.5. The number of alkyl halides is 9. The summed E-state index contributed by atoms with van der Waals surface area (Å²) in [6, 6.07) is 30.5. The Bertz CT molecular complexity index is 2530. The second-order valence-corrected chi connectivity index (χ2v) is 18.1. The highest BCUT2D eigenvalue weighted by Crippen LogP contribution is 2.71. The van der Waals surface area contributed by atoms with E-state index in [9.17, 15) is 39.2 Å². The fraction of sp³-hybridized carbons (Fsp3) is 0.250. The zero-order valence-corrected chi connectivity index (χ0v) is 33.3. The average Bonchev–Trinajstić information content (AvgIpc) is 3.53. The quantitative estimate of drug-likeness (QED) is 0.0617. The molecule has 0 aliphatic rings. The minimum absolute atomic E-state index is 0.211. The normalized spacial score (nSPS) is 15.1. The second-order valence-electron chi connectivity index (χ2n) is 12.8. The predicted molar refractivity (Wildman–Crippen MR) is 204 cm³/mol. The predicted octanol–water partition coefficient (Wildman–Crippen LogP) is 12.0. The largest absolute Gasteiger partial charge is 0.460 e. The van der Waals surface area contributed by atoms with Crippen molar-refractivity contribution in [3.63, 3.8) is 0 Å². The van der Waals surface area contributed by atoms with Crippen molar-refractivity contribution in [3.8, 4) is 0 Å². The van der Waals surface area contributed by atoms with Crippen LogP contribution in [0.25, 0.3) is 21.8 Å². The molecule has 5 aromatic carbocycles. The van der Waals surface area contributed by atoms with Crippen LogP contribution in [0.15, 0.2) is 141 Å². The van der Waals surface area contributed by atoms with E-state index in [-0.39, 0.29) is 20.2 Å². The van der Waals surface area contributed by atoms with Gasteiger partial charge in [0, 0.05) is 73.3 Å². The smallest absolute Gasteiger partial charge is 0.346 e. The van der Waals surface area contributed by atoms with E-state index in [4.69, 9.17) is 13.1 Å². The molecule has 0 saturated carbocycles. The molecule has 1 heterocycles. The number of para-hydroxylation sites is 1. The third-order valence-electron chi connectivity index (χ3n) is 9.70. The number of ether oxygens (including phenoxy) is 2. The van der Waals surface area contributed by atoms with Crippen molar-refractivity contribution in [1.29, 1.82) is 0 Å². The van der Waals surface area contributed by atoms with Gasteiger partial charge in [0.15, 0.2) is 0 Å². The summed E-state index contributed by atoms with van der Waals surface area (Å²) in [6.45, 7) is 2.67. The zero-order valence-electron chi connectivity index (χ0n) is 30.9. The third-order valence-corrected chi connectivity index (χ3v) is 15.7. The van der Waals surface area contributed by atoms with Crippen molar-refractivity contribution >= 4 is 54.0 Å². The first-order chi connectivity index (χ1) is 27.2.